The molecule has 2 aromatic carbocycles. The van der Waals surface area contributed by atoms with E-state index < -0.39 is 16.7 Å². The summed E-state index contributed by atoms with van der Waals surface area (Å²) in [5.41, 5.74) is 3.83. The van der Waals surface area contributed by atoms with Gasteiger partial charge in [0.15, 0.2) is 0 Å². The lowest BCUT2D eigenvalue weighted by Crippen LogP contribution is -2.32. The van der Waals surface area contributed by atoms with Crippen molar-refractivity contribution < 1.29 is 14.2 Å². The van der Waals surface area contributed by atoms with Gasteiger partial charge in [0, 0.05) is 43.3 Å². The van der Waals surface area contributed by atoms with Crippen molar-refractivity contribution in [1.29, 1.82) is 0 Å². The zero-order chi connectivity index (χ0) is 21.6. The Kier molecular flexibility index (Phi) is 5.27. The minimum Gasteiger partial charge on any atom is -0.390 e. The maximum Gasteiger partial charge on any atom is 0.131 e. The molecule has 5 rings (SSSR count). The number of hydrogen-bond acceptors (Lipinski definition) is 7. The average Bonchev–Trinajstić information content (AvgIpc) is 3.10. The zero-order valence-electron chi connectivity index (χ0n) is 17.5. The maximum atomic E-state index is 10.7. The number of aliphatic hydroxyl groups is 1. The smallest absolute Gasteiger partial charge is 0.131 e. The van der Waals surface area contributed by atoms with Crippen molar-refractivity contribution in [3.63, 3.8) is 0 Å². The summed E-state index contributed by atoms with van der Waals surface area (Å²) in [6.45, 7) is 4.37. The number of β-amino-alcohol motifs (C(OH)–C–C–N with tert-alkyl or cyclic N) is 1. The minimum atomic E-state index is -2.83. The van der Waals surface area contributed by atoms with Gasteiger partial charge in [0.2, 0.25) is 0 Å². The van der Waals surface area contributed by atoms with Gasteiger partial charge in [-0.2, -0.15) is 10.6 Å². The van der Waals surface area contributed by atoms with Gasteiger partial charge in [-0.15, -0.1) is 0 Å². The van der Waals surface area contributed by atoms with Gasteiger partial charge in [-0.1, -0.05) is 36.4 Å². The molecular formula is C23H28N4O3S. The first-order chi connectivity index (χ1) is 14.9. The number of nitrogens with one attached hydrogen (secondary N) is 2. The third kappa shape index (κ3) is 3.86. The molecule has 0 saturated carbocycles. The van der Waals surface area contributed by atoms with E-state index in [-0.39, 0.29) is 11.8 Å². The molecule has 3 aromatic rings. The fourth-order valence-corrected chi connectivity index (χ4v) is 6.00. The van der Waals surface area contributed by atoms with Crippen molar-refractivity contribution in [1.82, 2.24) is 10.3 Å². The number of pyridine rings is 1. The summed E-state index contributed by atoms with van der Waals surface area (Å²) in [5.74, 6) is 1.06. The highest BCUT2D eigenvalue weighted by Crippen LogP contribution is 2.51. The quantitative estimate of drug-likeness (QED) is 0.425. The Morgan fingerprint density at radius 3 is 2.77 bits per heavy atom. The summed E-state index contributed by atoms with van der Waals surface area (Å²) in [6.07, 6.45) is -0.450. The van der Waals surface area contributed by atoms with Crippen molar-refractivity contribution in [3.8, 4) is 0 Å². The van der Waals surface area contributed by atoms with Crippen molar-refractivity contribution in [3.05, 3.63) is 59.7 Å². The molecule has 0 aliphatic carbocycles. The Morgan fingerprint density at radius 2 is 1.97 bits per heavy atom. The zero-order valence-corrected chi connectivity index (χ0v) is 18.3. The number of hydrogen-bond donors (Lipinski definition) is 5. The normalized spacial score (nSPS) is 23.9. The highest BCUT2D eigenvalue weighted by Gasteiger charge is 2.28. The molecule has 1 fully saturated rings. The van der Waals surface area contributed by atoms with Crippen LogP contribution in [-0.2, 0) is 6.54 Å². The van der Waals surface area contributed by atoms with E-state index in [0.717, 1.165) is 33.5 Å². The number of aryl methyl sites for hydroxylation is 1. The van der Waals surface area contributed by atoms with E-state index in [9.17, 15) is 14.2 Å². The first-order valence-corrected chi connectivity index (χ1v) is 12.3. The monoisotopic (exact) mass is 440 g/mol. The van der Waals surface area contributed by atoms with Crippen molar-refractivity contribution in [2.45, 2.75) is 30.5 Å². The summed E-state index contributed by atoms with van der Waals surface area (Å²) < 4.78 is 21.4. The Hall–Kier alpha value is -2.36. The Balaban J connectivity index is 1.58. The molecule has 5 N–H and O–H groups in total. The number of fused-ring (bicyclic) bond motifs is 2. The molecular weight excluding hydrogens is 412 g/mol. The molecule has 2 aliphatic rings. The fraction of sp³-hybridized carbons (Fsp3) is 0.348. The summed E-state index contributed by atoms with van der Waals surface area (Å²) in [4.78, 5) is 7.71. The molecule has 1 aromatic heterocycles. The first-order valence-electron chi connectivity index (χ1n) is 10.6. The molecule has 3 heterocycles. The summed E-state index contributed by atoms with van der Waals surface area (Å²) in [6, 6.07) is 15.6. The second-order valence-corrected chi connectivity index (χ2v) is 10.6. The van der Waals surface area contributed by atoms with Gasteiger partial charge in [0.05, 0.1) is 28.3 Å². The molecule has 31 heavy (non-hydrogen) atoms. The number of benzene rings is 2. The molecule has 0 radical (unpaired) electrons. The van der Waals surface area contributed by atoms with E-state index in [1.807, 2.05) is 55.5 Å². The van der Waals surface area contributed by atoms with Crippen LogP contribution < -0.4 is 15.5 Å². The van der Waals surface area contributed by atoms with Crippen LogP contribution >= 0.6 is 10.6 Å². The third-order valence-corrected chi connectivity index (χ3v) is 8.06. The van der Waals surface area contributed by atoms with Crippen LogP contribution in [0.3, 0.4) is 0 Å². The van der Waals surface area contributed by atoms with Crippen molar-refractivity contribution in [2.24, 2.45) is 0 Å². The SMILES string of the molecule is Cc1cccc2c(NC3CNCC3O)cc(N3CCS(O)(O)c4ccccc4C3)nc12. The molecule has 0 spiro atoms. The predicted octanol–water partition coefficient (Wildman–Crippen LogP) is 3.42. The second kappa shape index (κ2) is 7.96. The van der Waals surface area contributed by atoms with Crippen LogP contribution in [0.2, 0.25) is 0 Å². The highest BCUT2D eigenvalue weighted by molar-refractivity contribution is 8.24. The van der Waals surface area contributed by atoms with Crippen LogP contribution in [0, 0.1) is 6.92 Å². The molecule has 7 nitrogen and oxygen atoms in total. The van der Waals surface area contributed by atoms with E-state index in [4.69, 9.17) is 4.98 Å². The van der Waals surface area contributed by atoms with Crippen LogP contribution in [-0.4, -0.2) is 56.7 Å². The van der Waals surface area contributed by atoms with Gasteiger partial charge in [-0.25, -0.2) is 4.98 Å². The van der Waals surface area contributed by atoms with E-state index in [2.05, 4.69) is 15.5 Å². The molecule has 164 valence electrons. The number of rotatable bonds is 3. The number of nitrogens with zero attached hydrogens (tertiary/aromatic N) is 2. The average molecular weight is 441 g/mol. The van der Waals surface area contributed by atoms with Crippen LogP contribution in [0.4, 0.5) is 11.5 Å². The van der Waals surface area contributed by atoms with Crippen LogP contribution in [0.25, 0.3) is 10.9 Å². The number of para-hydroxylation sites is 1. The van der Waals surface area contributed by atoms with E-state index in [1.165, 1.54) is 0 Å². The first kappa shape index (κ1) is 20.5. The highest BCUT2D eigenvalue weighted by atomic mass is 32.3. The van der Waals surface area contributed by atoms with Gasteiger partial charge < -0.3 is 20.6 Å². The Bertz CT molecular complexity index is 1120. The van der Waals surface area contributed by atoms with E-state index in [1.54, 1.807) is 0 Å². The van der Waals surface area contributed by atoms with Gasteiger partial charge in [-0.05, 0) is 24.1 Å². The maximum absolute atomic E-state index is 10.7. The van der Waals surface area contributed by atoms with E-state index in [0.29, 0.717) is 31.1 Å². The van der Waals surface area contributed by atoms with Crippen LogP contribution in [0.15, 0.2) is 53.4 Å². The lowest BCUT2D eigenvalue weighted by atomic mass is 10.1. The predicted molar refractivity (Wildman–Crippen MR) is 126 cm³/mol. The molecule has 1 saturated heterocycles. The molecule has 0 bridgehead atoms. The lowest BCUT2D eigenvalue weighted by molar-refractivity contribution is 0.185. The van der Waals surface area contributed by atoms with Crippen LogP contribution in [0.1, 0.15) is 11.1 Å². The van der Waals surface area contributed by atoms with Gasteiger partial charge in [0.25, 0.3) is 0 Å². The van der Waals surface area contributed by atoms with E-state index >= 15 is 0 Å². The third-order valence-electron chi connectivity index (χ3n) is 6.21. The summed E-state index contributed by atoms with van der Waals surface area (Å²) in [5, 5.41) is 18.0. The summed E-state index contributed by atoms with van der Waals surface area (Å²) >= 11 is 0. The van der Waals surface area contributed by atoms with Crippen molar-refractivity contribution in [2.75, 3.05) is 35.6 Å². The van der Waals surface area contributed by atoms with Gasteiger partial charge in [0.1, 0.15) is 5.82 Å². The van der Waals surface area contributed by atoms with Crippen molar-refractivity contribution >= 4 is 33.0 Å². The summed E-state index contributed by atoms with van der Waals surface area (Å²) in [7, 11) is -2.83. The number of anilines is 2. The Labute approximate surface area is 183 Å². The van der Waals surface area contributed by atoms with Crippen LogP contribution in [0.5, 0.6) is 0 Å². The standard InChI is InChI=1S/C23H28N4O3S/c1-15-5-4-7-17-18(25-19-12-24-13-20(19)28)11-22(26-23(15)17)27-9-10-31(29,30)21-8-3-2-6-16(21)14-27/h2-8,11,19-20,24,28-30H,9-10,12-14H2,1H3,(H,25,26). The number of aliphatic hydroxyl groups excluding tert-OH is 1. The topological polar surface area (TPSA) is 101 Å². The minimum absolute atomic E-state index is 0.0733. The Morgan fingerprint density at radius 1 is 1.13 bits per heavy atom. The van der Waals surface area contributed by atoms with Gasteiger partial charge in [-0.3, -0.25) is 9.11 Å². The fourth-order valence-electron chi connectivity index (χ4n) is 4.45. The molecule has 0 amide bonds. The molecule has 2 atom stereocenters. The second-order valence-electron chi connectivity index (χ2n) is 8.38. The molecule has 2 aliphatic heterocycles. The lowest BCUT2D eigenvalue weighted by Gasteiger charge is -2.32. The largest absolute Gasteiger partial charge is 0.390 e. The van der Waals surface area contributed by atoms with Gasteiger partial charge >= 0.3 is 0 Å². The molecule has 2 unspecified atom stereocenters. The number of aromatic nitrogens is 1. The molecule has 8 heteroatoms.